The average Bonchev–Trinajstić information content (AvgIpc) is 2.15. The van der Waals surface area contributed by atoms with Crippen LogP contribution >= 0.6 is 24.8 Å². The molecule has 0 aliphatic heterocycles. The number of ether oxygens (including phenoxy) is 1. The first kappa shape index (κ1) is 20.7. The second-order valence-corrected chi connectivity index (χ2v) is 2.93. The van der Waals surface area contributed by atoms with Crippen molar-refractivity contribution in [3.05, 3.63) is 0 Å². The summed E-state index contributed by atoms with van der Waals surface area (Å²) in [6.45, 7) is 0.566. The van der Waals surface area contributed by atoms with E-state index in [4.69, 9.17) is 17.2 Å². The van der Waals surface area contributed by atoms with Crippen LogP contribution in [0.3, 0.4) is 0 Å². The largest absolute Gasteiger partial charge is 0.468 e. The normalized spacial score (nSPS) is 10.4. The Hall–Kier alpha value is -0.720. The summed E-state index contributed by atoms with van der Waals surface area (Å²) in [5.41, 5.74) is 15.8. The molecule has 6 N–H and O–H groups in total. The van der Waals surface area contributed by atoms with Crippen molar-refractivity contribution < 1.29 is 9.53 Å². The Morgan fingerprint density at radius 2 is 1.88 bits per heavy atom. The summed E-state index contributed by atoms with van der Waals surface area (Å²) in [6.07, 6.45) is 2.20. The van der Waals surface area contributed by atoms with Crippen molar-refractivity contribution in [2.45, 2.75) is 25.3 Å². The first-order chi connectivity index (χ1) is 6.57. The Morgan fingerprint density at radius 3 is 2.31 bits per heavy atom. The van der Waals surface area contributed by atoms with E-state index in [2.05, 4.69) is 9.73 Å². The fourth-order valence-corrected chi connectivity index (χ4v) is 0.953. The van der Waals surface area contributed by atoms with Crippen LogP contribution in [-0.2, 0) is 9.53 Å². The highest BCUT2D eigenvalue weighted by Gasteiger charge is 2.12. The molecule has 0 aromatic rings. The van der Waals surface area contributed by atoms with Crippen molar-refractivity contribution >= 4 is 36.7 Å². The Morgan fingerprint density at radius 1 is 1.31 bits per heavy atom. The number of nitrogens with zero attached hydrogens (tertiary/aromatic N) is 1. The van der Waals surface area contributed by atoms with Crippen molar-refractivity contribution in [1.29, 1.82) is 0 Å². The van der Waals surface area contributed by atoms with Crippen LogP contribution in [0.15, 0.2) is 4.99 Å². The lowest BCUT2D eigenvalue weighted by Gasteiger charge is -2.07. The van der Waals surface area contributed by atoms with Gasteiger partial charge in [0, 0.05) is 6.54 Å². The van der Waals surface area contributed by atoms with Gasteiger partial charge in [0.05, 0.1) is 7.11 Å². The van der Waals surface area contributed by atoms with Crippen molar-refractivity contribution in [3.8, 4) is 0 Å². The predicted octanol–water partition coefficient (Wildman–Crippen LogP) is -0.226. The van der Waals surface area contributed by atoms with Gasteiger partial charge in [0.2, 0.25) is 0 Å². The van der Waals surface area contributed by atoms with Crippen LogP contribution in [0.5, 0.6) is 0 Å². The van der Waals surface area contributed by atoms with Crippen LogP contribution < -0.4 is 17.2 Å². The van der Waals surface area contributed by atoms with Gasteiger partial charge >= 0.3 is 5.97 Å². The minimum absolute atomic E-state index is 0. The van der Waals surface area contributed by atoms with E-state index in [1.54, 1.807) is 0 Å². The van der Waals surface area contributed by atoms with Crippen molar-refractivity contribution in [3.63, 3.8) is 0 Å². The van der Waals surface area contributed by atoms with Crippen LogP contribution in [0.25, 0.3) is 0 Å². The zero-order chi connectivity index (χ0) is 11.0. The third-order valence-corrected chi connectivity index (χ3v) is 1.72. The summed E-state index contributed by atoms with van der Waals surface area (Å²) >= 11 is 0. The highest BCUT2D eigenvalue weighted by molar-refractivity contribution is 5.85. The van der Waals surface area contributed by atoms with Gasteiger partial charge in [-0.15, -0.1) is 24.8 Å². The van der Waals surface area contributed by atoms with Crippen molar-refractivity contribution in [2.24, 2.45) is 22.2 Å². The van der Waals surface area contributed by atoms with E-state index < -0.39 is 6.04 Å². The van der Waals surface area contributed by atoms with Crippen LogP contribution in [0.1, 0.15) is 19.3 Å². The quantitative estimate of drug-likeness (QED) is 0.268. The maximum absolute atomic E-state index is 10.9. The van der Waals surface area contributed by atoms with Gasteiger partial charge in [-0.2, -0.15) is 0 Å². The van der Waals surface area contributed by atoms with Crippen LogP contribution in [0, 0.1) is 0 Å². The SMILES string of the molecule is COC(=O)C(N)CCCCN=C(N)N.Cl.Cl. The predicted molar refractivity (Wildman–Crippen MR) is 69.0 cm³/mol. The molecule has 0 amide bonds. The molecular formula is C8H20Cl2N4O2. The molecule has 6 nitrogen and oxygen atoms in total. The number of hydrogen-bond donors (Lipinski definition) is 3. The molecule has 0 spiro atoms. The lowest BCUT2D eigenvalue weighted by Crippen LogP contribution is -2.31. The number of guanidine groups is 1. The van der Waals surface area contributed by atoms with Crippen molar-refractivity contribution in [1.82, 2.24) is 0 Å². The van der Waals surface area contributed by atoms with E-state index in [9.17, 15) is 4.79 Å². The second-order valence-electron chi connectivity index (χ2n) is 2.93. The van der Waals surface area contributed by atoms with Gasteiger partial charge in [-0.3, -0.25) is 9.79 Å². The van der Waals surface area contributed by atoms with Crippen molar-refractivity contribution in [2.75, 3.05) is 13.7 Å². The molecule has 0 rings (SSSR count). The zero-order valence-electron chi connectivity index (χ0n) is 9.22. The first-order valence-electron chi connectivity index (χ1n) is 4.46. The number of carbonyl (C=O) groups is 1. The van der Waals surface area contributed by atoms with E-state index in [-0.39, 0.29) is 36.7 Å². The fourth-order valence-electron chi connectivity index (χ4n) is 0.953. The summed E-state index contributed by atoms with van der Waals surface area (Å²) in [5.74, 6) is -0.297. The molecule has 16 heavy (non-hydrogen) atoms. The van der Waals surface area contributed by atoms with Crippen LogP contribution in [0.4, 0.5) is 0 Å². The summed E-state index contributed by atoms with van der Waals surface area (Å²) in [5, 5.41) is 0. The van der Waals surface area contributed by atoms with Gasteiger partial charge < -0.3 is 21.9 Å². The molecule has 0 saturated carbocycles. The monoisotopic (exact) mass is 274 g/mol. The second kappa shape index (κ2) is 12.4. The topological polar surface area (TPSA) is 117 Å². The van der Waals surface area contributed by atoms with E-state index in [1.807, 2.05) is 0 Å². The average molecular weight is 275 g/mol. The fraction of sp³-hybridized carbons (Fsp3) is 0.750. The molecular weight excluding hydrogens is 255 g/mol. The van der Waals surface area contributed by atoms with E-state index in [0.29, 0.717) is 13.0 Å². The summed E-state index contributed by atoms with van der Waals surface area (Å²) < 4.78 is 4.48. The van der Waals surface area contributed by atoms with Gasteiger partial charge in [0.25, 0.3) is 0 Å². The summed E-state index contributed by atoms with van der Waals surface area (Å²) in [7, 11) is 1.32. The zero-order valence-corrected chi connectivity index (χ0v) is 10.9. The molecule has 0 aliphatic carbocycles. The highest BCUT2D eigenvalue weighted by atomic mass is 35.5. The molecule has 98 valence electrons. The molecule has 0 aromatic carbocycles. The smallest absolute Gasteiger partial charge is 0.322 e. The third kappa shape index (κ3) is 11.4. The Labute approximate surface area is 108 Å². The molecule has 0 bridgehead atoms. The lowest BCUT2D eigenvalue weighted by atomic mass is 10.1. The molecule has 0 fully saturated rings. The maximum atomic E-state index is 10.9. The molecule has 0 aromatic heterocycles. The summed E-state index contributed by atoms with van der Waals surface area (Å²) in [6, 6.07) is -0.542. The first-order valence-corrected chi connectivity index (χ1v) is 4.46. The highest BCUT2D eigenvalue weighted by Crippen LogP contribution is 2.00. The molecule has 0 heterocycles. The number of unbranched alkanes of at least 4 members (excludes halogenated alkanes) is 1. The van der Waals surface area contributed by atoms with Crippen LogP contribution in [0.2, 0.25) is 0 Å². The number of carbonyl (C=O) groups excluding carboxylic acids is 1. The number of esters is 1. The minimum atomic E-state index is -0.542. The van der Waals surface area contributed by atoms with Gasteiger partial charge in [0.1, 0.15) is 6.04 Å². The van der Waals surface area contributed by atoms with E-state index in [1.165, 1.54) is 7.11 Å². The number of nitrogens with two attached hydrogens (primary N) is 3. The molecule has 8 heteroatoms. The molecule has 0 saturated heterocycles. The Balaban J connectivity index is -0.000000845. The van der Waals surface area contributed by atoms with Gasteiger partial charge in [0.15, 0.2) is 5.96 Å². The van der Waals surface area contributed by atoms with Gasteiger partial charge in [-0.1, -0.05) is 0 Å². The Bertz CT molecular complexity index is 210. The number of aliphatic imine (C=N–C) groups is 1. The summed E-state index contributed by atoms with van der Waals surface area (Å²) in [4.78, 5) is 14.7. The maximum Gasteiger partial charge on any atom is 0.322 e. The van der Waals surface area contributed by atoms with E-state index in [0.717, 1.165) is 12.8 Å². The molecule has 0 radical (unpaired) electrons. The number of rotatable bonds is 6. The van der Waals surface area contributed by atoms with Gasteiger partial charge in [-0.05, 0) is 19.3 Å². The van der Waals surface area contributed by atoms with Gasteiger partial charge in [-0.25, -0.2) is 0 Å². The third-order valence-electron chi connectivity index (χ3n) is 1.72. The van der Waals surface area contributed by atoms with Crippen LogP contribution in [-0.4, -0.2) is 31.6 Å². The Kier molecular flexibility index (Phi) is 15.9. The standard InChI is InChI=1S/C8H18N4O2.2ClH/c1-14-7(13)6(9)4-2-3-5-12-8(10)11;;/h6H,2-5,9H2,1H3,(H4,10,11,12);2*1H. The van der Waals surface area contributed by atoms with E-state index >= 15 is 0 Å². The number of halogens is 2. The molecule has 1 atom stereocenters. The number of hydrogen-bond acceptors (Lipinski definition) is 4. The molecule has 0 aliphatic rings. The lowest BCUT2D eigenvalue weighted by molar-refractivity contribution is -0.142. The number of methoxy groups -OCH3 is 1. The molecule has 1 unspecified atom stereocenters. The minimum Gasteiger partial charge on any atom is -0.468 e.